The summed E-state index contributed by atoms with van der Waals surface area (Å²) in [6.07, 6.45) is 2.68. The third-order valence-corrected chi connectivity index (χ3v) is 5.35. The van der Waals surface area contributed by atoms with E-state index in [0.29, 0.717) is 16.8 Å². The van der Waals surface area contributed by atoms with Gasteiger partial charge in [-0.15, -0.1) is 0 Å². The number of carbonyl (C=O) groups excluding carboxylic acids is 2. The van der Waals surface area contributed by atoms with Crippen LogP contribution in [-0.2, 0) is 9.59 Å². The van der Waals surface area contributed by atoms with Crippen LogP contribution in [0.3, 0.4) is 0 Å². The minimum Gasteiger partial charge on any atom is -0.467 e. The highest BCUT2D eigenvalue weighted by Gasteiger charge is 2.10. The standard InChI is InChI=1S/C23H20N8O7S/c1-15-10-22(38-13-20(32)28-24-11-16-2-6-18(7-3-16)30(34)35)27-23(26-15)39-14-21(33)29-25-12-17-4-8-19(9-5-17)31(36)37/h2-12H,13-14H2,1H3,(H,28,32)(H,29,33)/b24-11-,25-12-. The Morgan fingerprint density at radius 3 is 1.92 bits per heavy atom. The number of nitrogens with one attached hydrogen (secondary N) is 2. The molecule has 0 radical (unpaired) electrons. The van der Waals surface area contributed by atoms with Crippen LogP contribution in [0.2, 0.25) is 0 Å². The quantitative estimate of drug-likeness (QED) is 0.110. The number of carbonyl (C=O) groups is 2. The lowest BCUT2D eigenvalue weighted by Crippen LogP contribution is -2.25. The number of aryl methyl sites for hydroxylation is 1. The first-order valence-electron chi connectivity index (χ1n) is 10.9. The van der Waals surface area contributed by atoms with Gasteiger partial charge >= 0.3 is 0 Å². The molecule has 2 aromatic carbocycles. The average molecular weight is 553 g/mol. The van der Waals surface area contributed by atoms with Gasteiger partial charge in [0, 0.05) is 36.0 Å². The first kappa shape index (κ1) is 28.3. The zero-order chi connectivity index (χ0) is 28.2. The van der Waals surface area contributed by atoms with Crippen LogP contribution in [0.25, 0.3) is 0 Å². The fraction of sp³-hybridized carbons (Fsp3) is 0.130. The third kappa shape index (κ3) is 9.62. The van der Waals surface area contributed by atoms with E-state index >= 15 is 0 Å². The summed E-state index contributed by atoms with van der Waals surface area (Å²) in [5.41, 5.74) is 6.17. The third-order valence-electron chi connectivity index (χ3n) is 4.51. The molecule has 2 amide bonds. The van der Waals surface area contributed by atoms with Gasteiger partial charge in [-0.05, 0) is 42.3 Å². The lowest BCUT2D eigenvalue weighted by molar-refractivity contribution is -0.385. The second kappa shape index (κ2) is 13.9. The van der Waals surface area contributed by atoms with Crippen molar-refractivity contribution in [1.82, 2.24) is 20.8 Å². The van der Waals surface area contributed by atoms with Crippen LogP contribution in [-0.4, -0.2) is 56.4 Å². The Hall–Kier alpha value is -5.25. The minimum absolute atomic E-state index is 0.0529. The summed E-state index contributed by atoms with van der Waals surface area (Å²) in [6, 6.07) is 12.8. The van der Waals surface area contributed by atoms with Crippen LogP contribution in [0.4, 0.5) is 11.4 Å². The van der Waals surface area contributed by atoms with E-state index in [-0.39, 0.29) is 28.2 Å². The molecule has 16 heteroatoms. The summed E-state index contributed by atoms with van der Waals surface area (Å²) in [6.45, 7) is 1.30. The summed E-state index contributed by atoms with van der Waals surface area (Å²) in [7, 11) is 0. The molecule has 0 saturated carbocycles. The van der Waals surface area contributed by atoms with Crippen molar-refractivity contribution in [2.75, 3.05) is 12.4 Å². The summed E-state index contributed by atoms with van der Waals surface area (Å²) in [5.74, 6) is -0.936. The van der Waals surface area contributed by atoms with E-state index in [2.05, 4.69) is 31.0 Å². The molecule has 2 N–H and O–H groups in total. The lowest BCUT2D eigenvalue weighted by Gasteiger charge is -2.07. The van der Waals surface area contributed by atoms with Gasteiger partial charge in [0.25, 0.3) is 23.2 Å². The molecule has 1 heterocycles. The zero-order valence-electron chi connectivity index (χ0n) is 20.2. The van der Waals surface area contributed by atoms with Gasteiger partial charge in [-0.3, -0.25) is 29.8 Å². The number of benzene rings is 2. The molecule has 3 rings (SSSR count). The van der Waals surface area contributed by atoms with Crippen molar-refractivity contribution in [3.05, 3.63) is 91.6 Å². The molecule has 0 aliphatic rings. The van der Waals surface area contributed by atoms with E-state index < -0.39 is 28.3 Å². The molecular weight excluding hydrogens is 532 g/mol. The van der Waals surface area contributed by atoms with Crippen molar-refractivity contribution in [2.45, 2.75) is 12.1 Å². The smallest absolute Gasteiger partial charge is 0.278 e. The Balaban J connectivity index is 1.43. The first-order valence-corrected chi connectivity index (χ1v) is 11.9. The largest absolute Gasteiger partial charge is 0.467 e. The van der Waals surface area contributed by atoms with Crippen LogP contribution in [0.15, 0.2) is 70.0 Å². The van der Waals surface area contributed by atoms with Crippen LogP contribution >= 0.6 is 11.8 Å². The topological polar surface area (TPSA) is 204 Å². The maximum absolute atomic E-state index is 12.1. The number of non-ortho nitro benzene ring substituents is 2. The van der Waals surface area contributed by atoms with E-state index in [1.807, 2.05) is 0 Å². The zero-order valence-corrected chi connectivity index (χ0v) is 21.0. The number of nitrogens with zero attached hydrogens (tertiary/aromatic N) is 6. The van der Waals surface area contributed by atoms with Gasteiger partial charge in [-0.2, -0.15) is 15.2 Å². The highest BCUT2D eigenvalue weighted by Crippen LogP contribution is 2.18. The Morgan fingerprint density at radius 2 is 1.41 bits per heavy atom. The molecule has 0 atom stereocenters. The molecule has 0 aliphatic heterocycles. The Bertz CT molecular complexity index is 1310. The van der Waals surface area contributed by atoms with Crippen LogP contribution < -0.4 is 15.6 Å². The number of nitro groups is 2. The Morgan fingerprint density at radius 1 is 0.897 bits per heavy atom. The first-order chi connectivity index (χ1) is 18.7. The van der Waals surface area contributed by atoms with E-state index in [9.17, 15) is 29.8 Å². The molecule has 0 spiro atoms. The minimum atomic E-state index is -0.566. The number of ether oxygens (including phenoxy) is 1. The highest BCUT2D eigenvalue weighted by atomic mass is 32.2. The van der Waals surface area contributed by atoms with E-state index in [4.69, 9.17) is 4.74 Å². The van der Waals surface area contributed by atoms with Crippen molar-refractivity contribution < 1.29 is 24.2 Å². The normalized spacial score (nSPS) is 10.9. The molecule has 3 aromatic rings. The van der Waals surface area contributed by atoms with Crippen molar-refractivity contribution in [3.8, 4) is 5.88 Å². The second-order valence-corrected chi connectivity index (χ2v) is 8.43. The SMILES string of the molecule is Cc1cc(OCC(=O)N/N=C\c2ccc([N+](=O)[O-])cc2)nc(SCC(=O)N/N=C\c2ccc([N+](=O)[O-])cc2)n1. The van der Waals surface area contributed by atoms with E-state index in [1.165, 1.54) is 67.0 Å². The van der Waals surface area contributed by atoms with Gasteiger partial charge in [0.15, 0.2) is 11.8 Å². The molecule has 0 unspecified atom stereocenters. The number of nitro benzene ring substituents is 2. The van der Waals surface area contributed by atoms with Gasteiger partial charge < -0.3 is 4.74 Å². The van der Waals surface area contributed by atoms with Gasteiger partial charge in [0.1, 0.15) is 0 Å². The summed E-state index contributed by atoms with van der Waals surface area (Å²) < 4.78 is 5.39. The molecule has 1 aromatic heterocycles. The molecule has 15 nitrogen and oxygen atoms in total. The number of amides is 2. The average Bonchev–Trinajstić information content (AvgIpc) is 2.91. The second-order valence-electron chi connectivity index (χ2n) is 7.49. The van der Waals surface area contributed by atoms with Crippen LogP contribution in [0.1, 0.15) is 16.8 Å². The Labute approximate surface area is 224 Å². The predicted molar refractivity (Wildman–Crippen MR) is 141 cm³/mol. The summed E-state index contributed by atoms with van der Waals surface area (Å²) in [4.78, 5) is 52.8. The maximum atomic E-state index is 12.1. The van der Waals surface area contributed by atoms with Crippen LogP contribution in [0.5, 0.6) is 5.88 Å². The number of thioether (sulfide) groups is 1. The Kier molecular flexibility index (Phi) is 10.1. The van der Waals surface area contributed by atoms with Crippen molar-refractivity contribution in [2.24, 2.45) is 10.2 Å². The van der Waals surface area contributed by atoms with Crippen molar-refractivity contribution in [3.63, 3.8) is 0 Å². The van der Waals surface area contributed by atoms with E-state index in [1.54, 1.807) is 6.92 Å². The fourth-order valence-corrected chi connectivity index (χ4v) is 3.40. The molecular formula is C23H20N8O7S. The molecule has 0 aliphatic carbocycles. The monoisotopic (exact) mass is 552 g/mol. The molecule has 39 heavy (non-hydrogen) atoms. The van der Waals surface area contributed by atoms with E-state index in [0.717, 1.165) is 11.8 Å². The maximum Gasteiger partial charge on any atom is 0.278 e. The number of rotatable bonds is 12. The summed E-state index contributed by atoms with van der Waals surface area (Å²) in [5, 5.41) is 29.2. The number of hydrogen-bond donors (Lipinski definition) is 2. The van der Waals surface area contributed by atoms with Gasteiger partial charge in [0.05, 0.1) is 28.0 Å². The number of aromatic nitrogens is 2. The fourth-order valence-electron chi connectivity index (χ4n) is 2.71. The lowest BCUT2D eigenvalue weighted by atomic mass is 10.2. The van der Waals surface area contributed by atoms with Gasteiger partial charge in [-0.25, -0.2) is 15.8 Å². The van der Waals surface area contributed by atoms with Gasteiger partial charge in [0.2, 0.25) is 5.88 Å². The highest BCUT2D eigenvalue weighted by molar-refractivity contribution is 7.99. The molecule has 0 fully saturated rings. The molecule has 200 valence electrons. The van der Waals surface area contributed by atoms with Crippen molar-refractivity contribution >= 4 is 47.4 Å². The predicted octanol–water partition coefficient (Wildman–Crippen LogP) is 2.37. The molecule has 0 saturated heterocycles. The number of hydrazone groups is 2. The van der Waals surface area contributed by atoms with Crippen LogP contribution in [0, 0.1) is 27.2 Å². The van der Waals surface area contributed by atoms with Crippen molar-refractivity contribution in [1.29, 1.82) is 0 Å². The number of hydrogen-bond acceptors (Lipinski definition) is 12. The van der Waals surface area contributed by atoms with Gasteiger partial charge in [-0.1, -0.05) is 11.8 Å². The summed E-state index contributed by atoms with van der Waals surface area (Å²) >= 11 is 1.03. The molecule has 0 bridgehead atoms.